The van der Waals surface area contributed by atoms with Crippen LogP contribution in [0.25, 0.3) is 0 Å². The van der Waals surface area contributed by atoms with Crippen molar-refractivity contribution >= 4 is 14.1 Å². The maximum atomic E-state index is 11.4. The number of carbonyl (C=O) groups excluding carboxylic acids is 1. The van der Waals surface area contributed by atoms with Crippen molar-refractivity contribution in [3.05, 3.63) is 12.2 Å². The van der Waals surface area contributed by atoms with E-state index in [2.05, 4.69) is 46.0 Å². The second-order valence-corrected chi connectivity index (χ2v) is 17.7. The molecular weight excluding hydrogens is 500 g/mol. The van der Waals surface area contributed by atoms with Crippen LogP contribution < -0.4 is 0 Å². The lowest BCUT2D eigenvalue weighted by atomic mass is 9.90. The lowest BCUT2D eigenvalue weighted by Crippen LogP contribution is -2.44. The molecule has 8 heteroatoms. The van der Waals surface area contributed by atoms with E-state index in [0.29, 0.717) is 13.0 Å². The number of hydrogen-bond acceptors (Lipinski definition) is 7. The van der Waals surface area contributed by atoms with E-state index in [1.807, 2.05) is 0 Å². The molecule has 0 aromatic heterocycles. The highest BCUT2D eigenvalue weighted by Gasteiger charge is 2.48. The van der Waals surface area contributed by atoms with Gasteiger partial charge in [0.05, 0.1) is 12.2 Å². The van der Waals surface area contributed by atoms with Crippen LogP contribution in [0.1, 0.15) is 91.4 Å². The fourth-order valence-electron chi connectivity index (χ4n) is 5.42. The molecule has 2 heterocycles. The second-order valence-electron chi connectivity index (χ2n) is 12.9. The molecule has 1 saturated carbocycles. The molecule has 7 nitrogen and oxygen atoms in total. The zero-order valence-corrected chi connectivity index (χ0v) is 25.6. The number of Topliss-reactive ketones (excluding diaryl/α,β-unsaturated/α-hetero) is 1. The number of rotatable bonds is 14. The number of aliphatic hydroxyl groups is 1. The largest absolute Gasteiger partial charge is 0.416 e. The molecule has 0 bridgehead atoms. The third-order valence-corrected chi connectivity index (χ3v) is 13.4. The van der Waals surface area contributed by atoms with Gasteiger partial charge >= 0.3 is 0 Å². The highest BCUT2D eigenvalue weighted by Crippen LogP contribution is 2.43. The first-order chi connectivity index (χ1) is 18.1. The lowest BCUT2D eigenvalue weighted by molar-refractivity contribution is -0.204. The van der Waals surface area contributed by atoms with Gasteiger partial charge in [-0.25, -0.2) is 0 Å². The third kappa shape index (κ3) is 9.79. The molecule has 3 fully saturated rings. The van der Waals surface area contributed by atoms with Gasteiger partial charge in [-0.2, -0.15) is 0 Å². The first kappa shape index (κ1) is 31.9. The molecule has 3 aliphatic rings. The molecule has 0 aromatic rings. The molecule has 2 unspecified atom stereocenters. The van der Waals surface area contributed by atoms with E-state index < -0.39 is 8.32 Å². The molecule has 0 radical (unpaired) electrons. The van der Waals surface area contributed by atoms with Crippen LogP contribution in [0.5, 0.6) is 0 Å². The van der Waals surface area contributed by atoms with Crippen LogP contribution in [0.3, 0.4) is 0 Å². The first-order valence-electron chi connectivity index (χ1n) is 15.1. The Kier molecular flexibility index (Phi) is 12.9. The summed E-state index contributed by atoms with van der Waals surface area (Å²) < 4.78 is 32.1. The summed E-state index contributed by atoms with van der Waals surface area (Å²) in [4.78, 5) is 11.4. The monoisotopic (exact) mass is 554 g/mol. The van der Waals surface area contributed by atoms with Gasteiger partial charge in [-0.15, -0.1) is 0 Å². The zero-order valence-electron chi connectivity index (χ0n) is 24.6. The van der Waals surface area contributed by atoms with E-state index in [0.717, 1.165) is 77.4 Å². The van der Waals surface area contributed by atoms with Crippen molar-refractivity contribution in [2.24, 2.45) is 11.8 Å². The Labute approximate surface area is 232 Å². The van der Waals surface area contributed by atoms with Crippen LogP contribution >= 0.6 is 0 Å². The van der Waals surface area contributed by atoms with Crippen LogP contribution in [0.15, 0.2) is 12.2 Å². The van der Waals surface area contributed by atoms with Crippen LogP contribution in [0.4, 0.5) is 0 Å². The molecule has 2 saturated heterocycles. The Morgan fingerprint density at radius 1 is 0.947 bits per heavy atom. The Balaban J connectivity index is 1.73. The van der Waals surface area contributed by atoms with Gasteiger partial charge in [0, 0.05) is 38.6 Å². The summed E-state index contributed by atoms with van der Waals surface area (Å²) in [6, 6.07) is 0. The molecule has 1 aliphatic carbocycles. The first-order valence-corrected chi connectivity index (χ1v) is 18.0. The van der Waals surface area contributed by atoms with E-state index in [9.17, 15) is 4.79 Å². The van der Waals surface area contributed by atoms with E-state index in [-0.39, 0.29) is 54.1 Å². The minimum Gasteiger partial charge on any atom is -0.416 e. The van der Waals surface area contributed by atoms with Gasteiger partial charge in [0.15, 0.2) is 26.7 Å². The topological polar surface area (TPSA) is 83.5 Å². The Morgan fingerprint density at radius 3 is 2.08 bits per heavy atom. The van der Waals surface area contributed by atoms with Gasteiger partial charge in [0.2, 0.25) is 0 Å². The van der Waals surface area contributed by atoms with Crippen molar-refractivity contribution in [3.63, 3.8) is 0 Å². The number of ketones is 1. The number of hydrogen-bond donors (Lipinski definition) is 1. The average Bonchev–Trinajstić information content (AvgIpc) is 3.20. The quantitative estimate of drug-likeness (QED) is 0.157. The van der Waals surface area contributed by atoms with Gasteiger partial charge in [-0.1, -0.05) is 32.9 Å². The highest BCUT2D eigenvalue weighted by atomic mass is 28.4. The minimum absolute atomic E-state index is 0.0250. The summed E-state index contributed by atoms with van der Waals surface area (Å²) in [6.45, 7) is 13.3. The van der Waals surface area contributed by atoms with Gasteiger partial charge < -0.3 is 28.5 Å². The standard InChI is InChI=1S/C30H54O7Si/c1-30(2,3)38(4,5)35-22-25-24(15-9-7-6-8-14-23(32)21-31)26(36-28-16-10-12-18-33-28)20-27(25)37-29-17-11-13-19-34-29/h7,9,24-29,31H,6,8,10-22H2,1-5H3/b9-7-/t24-,25-,26+,27-,28?,29?/m1/s1. The summed E-state index contributed by atoms with van der Waals surface area (Å²) >= 11 is 0. The van der Waals surface area contributed by atoms with E-state index >= 15 is 0 Å². The minimum atomic E-state index is -1.93. The maximum absolute atomic E-state index is 11.4. The number of aliphatic hydroxyl groups excluding tert-OH is 1. The Morgan fingerprint density at radius 2 is 1.55 bits per heavy atom. The Hall–Kier alpha value is -0.613. The summed E-state index contributed by atoms with van der Waals surface area (Å²) in [6.07, 6.45) is 14.3. The van der Waals surface area contributed by atoms with Crippen LogP contribution in [0, 0.1) is 11.8 Å². The van der Waals surface area contributed by atoms with Crippen molar-refractivity contribution in [1.29, 1.82) is 0 Å². The van der Waals surface area contributed by atoms with Crippen molar-refractivity contribution in [3.8, 4) is 0 Å². The van der Waals surface area contributed by atoms with Gasteiger partial charge in [0.25, 0.3) is 0 Å². The number of allylic oxidation sites excluding steroid dienone is 2. The van der Waals surface area contributed by atoms with Crippen LogP contribution in [-0.4, -0.2) is 70.4 Å². The van der Waals surface area contributed by atoms with Gasteiger partial charge in [-0.05, 0) is 81.8 Å². The molecule has 6 atom stereocenters. The summed E-state index contributed by atoms with van der Waals surface area (Å²) in [5.74, 6) is 0.376. The molecular formula is C30H54O7Si. The SMILES string of the molecule is CC(C)(C)[Si](C)(C)OC[C@@H]1[C@@H](C/C=C\CCCC(=O)CO)[C@@H](OC2CCCCO2)C[C@H]1OC1CCCCO1. The fourth-order valence-corrected chi connectivity index (χ4v) is 6.46. The van der Waals surface area contributed by atoms with Crippen molar-refractivity contribution in [1.82, 2.24) is 0 Å². The number of ether oxygens (including phenoxy) is 4. The molecule has 220 valence electrons. The van der Waals surface area contributed by atoms with Crippen LogP contribution in [0.2, 0.25) is 18.1 Å². The van der Waals surface area contributed by atoms with Crippen molar-refractivity contribution in [2.75, 3.05) is 26.4 Å². The molecule has 0 spiro atoms. The van der Waals surface area contributed by atoms with Crippen LogP contribution in [-0.2, 0) is 28.2 Å². The van der Waals surface area contributed by atoms with Crippen molar-refractivity contribution < 1.29 is 33.3 Å². The summed E-state index contributed by atoms with van der Waals surface area (Å²) in [5.41, 5.74) is 0. The van der Waals surface area contributed by atoms with Gasteiger partial charge in [-0.3, -0.25) is 4.79 Å². The molecule has 0 amide bonds. The number of unbranched alkanes of at least 4 members (excludes halogenated alkanes) is 1. The predicted octanol–water partition coefficient (Wildman–Crippen LogP) is 6.15. The number of carbonyl (C=O) groups is 1. The highest BCUT2D eigenvalue weighted by molar-refractivity contribution is 6.74. The molecule has 0 aromatic carbocycles. The van der Waals surface area contributed by atoms with E-state index in [1.54, 1.807) is 0 Å². The molecule has 38 heavy (non-hydrogen) atoms. The van der Waals surface area contributed by atoms with E-state index in [4.69, 9.17) is 28.5 Å². The lowest BCUT2D eigenvalue weighted by Gasteiger charge is -2.39. The maximum Gasteiger partial charge on any atom is 0.191 e. The van der Waals surface area contributed by atoms with Gasteiger partial charge in [0.1, 0.15) is 6.61 Å². The third-order valence-electron chi connectivity index (χ3n) is 8.92. The molecule has 2 aliphatic heterocycles. The fraction of sp³-hybridized carbons (Fsp3) is 0.900. The molecule has 3 rings (SSSR count). The van der Waals surface area contributed by atoms with E-state index in [1.165, 1.54) is 0 Å². The smallest absolute Gasteiger partial charge is 0.191 e. The summed E-state index contributed by atoms with van der Waals surface area (Å²) in [5, 5.41) is 9.09. The second kappa shape index (κ2) is 15.4. The predicted molar refractivity (Wildman–Crippen MR) is 151 cm³/mol. The average molecular weight is 555 g/mol. The zero-order chi connectivity index (χ0) is 27.6. The molecule has 1 N–H and O–H groups in total. The summed E-state index contributed by atoms with van der Waals surface area (Å²) in [7, 11) is -1.93. The van der Waals surface area contributed by atoms with Crippen molar-refractivity contribution in [2.45, 2.75) is 134 Å². The Bertz CT molecular complexity index is 723. The normalized spacial score (nSPS) is 31.2.